The molecule has 1 N–H and O–H groups in total. The lowest BCUT2D eigenvalue weighted by molar-refractivity contribution is 0.173. The largest absolute Gasteiger partial charge is 0.382 e. The zero-order chi connectivity index (χ0) is 14.0. The Morgan fingerprint density at radius 1 is 1.11 bits per heavy atom. The van der Waals surface area contributed by atoms with Crippen molar-refractivity contribution in [2.75, 3.05) is 5.32 Å². The molecule has 0 unspecified atom stereocenters. The maximum Gasteiger partial charge on any atom is 0.0383 e. The van der Waals surface area contributed by atoms with Gasteiger partial charge in [-0.3, -0.25) is 0 Å². The Bertz CT molecular complexity index is 425. The molecule has 0 saturated heterocycles. The summed E-state index contributed by atoms with van der Waals surface area (Å²) in [4.78, 5) is 0. The van der Waals surface area contributed by atoms with Crippen LogP contribution in [0, 0.1) is 18.3 Å². The van der Waals surface area contributed by atoms with Crippen molar-refractivity contribution in [3.63, 3.8) is 0 Å². The Kier molecular flexibility index (Phi) is 4.60. The highest BCUT2D eigenvalue weighted by molar-refractivity contribution is 9.10. The van der Waals surface area contributed by atoms with Gasteiger partial charge in [0, 0.05) is 16.2 Å². The minimum atomic E-state index is 0.469. The van der Waals surface area contributed by atoms with E-state index in [0.29, 0.717) is 11.5 Å². The third kappa shape index (κ3) is 3.75. The van der Waals surface area contributed by atoms with E-state index in [1.165, 1.54) is 41.4 Å². The van der Waals surface area contributed by atoms with E-state index in [9.17, 15) is 0 Å². The normalized spacial score (nSPS) is 24.3. The molecule has 0 aliphatic heterocycles. The van der Waals surface area contributed by atoms with E-state index in [2.05, 4.69) is 67.1 Å². The highest BCUT2D eigenvalue weighted by Gasteiger charge is 2.29. The maximum atomic E-state index is 3.73. The lowest BCUT2D eigenvalue weighted by atomic mass is 9.71. The van der Waals surface area contributed by atoms with Crippen LogP contribution in [0.1, 0.15) is 52.0 Å². The second-order valence-electron chi connectivity index (χ2n) is 6.97. The van der Waals surface area contributed by atoms with E-state index in [0.717, 1.165) is 5.92 Å². The van der Waals surface area contributed by atoms with Gasteiger partial charge in [-0.05, 0) is 61.6 Å². The molecule has 0 aromatic heterocycles. The summed E-state index contributed by atoms with van der Waals surface area (Å²) in [5, 5.41) is 3.73. The first kappa shape index (κ1) is 14.9. The Morgan fingerprint density at radius 3 is 2.32 bits per heavy atom. The van der Waals surface area contributed by atoms with Gasteiger partial charge in [0.05, 0.1) is 0 Å². The molecule has 1 nitrogen and oxygen atoms in total. The number of halogens is 1. The smallest absolute Gasteiger partial charge is 0.0383 e. The minimum Gasteiger partial charge on any atom is -0.382 e. The van der Waals surface area contributed by atoms with Gasteiger partial charge in [-0.25, -0.2) is 0 Å². The van der Waals surface area contributed by atoms with Crippen molar-refractivity contribution in [1.82, 2.24) is 0 Å². The van der Waals surface area contributed by atoms with Gasteiger partial charge in [-0.1, -0.05) is 42.8 Å². The highest BCUT2D eigenvalue weighted by atomic mass is 79.9. The Labute approximate surface area is 126 Å². The van der Waals surface area contributed by atoms with Crippen molar-refractivity contribution < 1.29 is 0 Å². The third-order valence-electron chi connectivity index (χ3n) is 4.58. The van der Waals surface area contributed by atoms with Crippen LogP contribution in [0.3, 0.4) is 0 Å². The van der Waals surface area contributed by atoms with Gasteiger partial charge in [0.1, 0.15) is 0 Å². The molecule has 0 atom stereocenters. The zero-order valence-corrected chi connectivity index (χ0v) is 14.2. The summed E-state index contributed by atoms with van der Waals surface area (Å²) in [6, 6.07) is 7.05. The molecule has 1 aromatic rings. The van der Waals surface area contributed by atoms with Crippen molar-refractivity contribution in [2.24, 2.45) is 11.3 Å². The van der Waals surface area contributed by atoms with Crippen LogP contribution < -0.4 is 5.32 Å². The quantitative estimate of drug-likeness (QED) is 0.728. The van der Waals surface area contributed by atoms with Crippen LogP contribution in [-0.2, 0) is 0 Å². The van der Waals surface area contributed by atoms with E-state index in [1.54, 1.807) is 0 Å². The van der Waals surface area contributed by atoms with Crippen LogP contribution in [0.4, 0.5) is 5.69 Å². The van der Waals surface area contributed by atoms with E-state index < -0.39 is 0 Å². The molecule has 106 valence electrons. The molecule has 1 aliphatic carbocycles. The molecule has 0 radical (unpaired) electrons. The topological polar surface area (TPSA) is 12.0 Å². The van der Waals surface area contributed by atoms with E-state index in [1.807, 2.05) is 0 Å². The number of anilines is 1. The predicted molar refractivity (Wildman–Crippen MR) is 87.7 cm³/mol. The molecule has 1 fully saturated rings. The van der Waals surface area contributed by atoms with Gasteiger partial charge in [0.25, 0.3) is 0 Å². The summed E-state index contributed by atoms with van der Waals surface area (Å²) in [6.45, 7) is 9.31. The van der Waals surface area contributed by atoms with Gasteiger partial charge >= 0.3 is 0 Å². The number of hydrogen-bond donors (Lipinski definition) is 1. The molecule has 19 heavy (non-hydrogen) atoms. The van der Waals surface area contributed by atoms with Crippen molar-refractivity contribution in [3.05, 3.63) is 28.2 Å². The van der Waals surface area contributed by atoms with Crippen molar-refractivity contribution in [1.29, 1.82) is 0 Å². The van der Waals surface area contributed by atoms with Gasteiger partial charge in [-0.2, -0.15) is 0 Å². The summed E-state index contributed by atoms with van der Waals surface area (Å²) in [5.74, 6) is 0.883. The van der Waals surface area contributed by atoms with Gasteiger partial charge in [0.2, 0.25) is 0 Å². The first-order chi connectivity index (χ1) is 8.88. The molecule has 1 aromatic carbocycles. The van der Waals surface area contributed by atoms with Gasteiger partial charge in [0.15, 0.2) is 0 Å². The molecule has 0 bridgehead atoms. The lowest BCUT2D eigenvalue weighted by Crippen LogP contribution is -2.31. The van der Waals surface area contributed by atoms with E-state index in [4.69, 9.17) is 0 Å². The molecular formula is C17H26BrN. The average molecular weight is 324 g/mol. The van der Waals surface area contributed by atoms with Gasteiger partial charge in [-0.15, -0.1) is 0 Å². The van der Waals surface area contributed by atoms with Crippen LogP contribution >= 0.6 is 15.9 Å². The average Bonchev–Trinajstić information content (AvgIpc) is 2.35. The second kappa shape index (κ2) is 5.87. The van der Waals surface area contributed by atoms with Gasteiger partial charge < -0.3 is 5.32 Å². The molecule has 0 heterocycles. The Balaban J connectivity index is 1.94. The van der Waals surface area contributed by atoms with Crippen molar-refractivity contribution >= 4 is 21.6 Å². The minimum absolute atomic E-state index is 0.469. The first-order valence-corrected chi connectivity index (χ1v) is 8.19. The third-order valence-corrected chi connectivity index (χ3v) is 5.44. The number of nitrogens with one attached hydrogen (secondary N) is 1. The van der Waals surface area contributed by atoms with Crippen molar-refractivity contribution in [3.8, 4) is 0 Å². The molecule has 1 aliphatic rings. The molecular weight excluding hydrogens is 298 g/mol. The monoisotopic (exact) mass is 323 g/mol. The number of rotatable bonds is 2. The highest BCUT2D eigenvalue weighted by Crippen LogP contribution is 2.38. The van der Waals surface area contributed by atoms with Crippen molar-refractivity contribution in [2.45, 2.75) is 59.4 Å². The van der Waals surface area contributed by atoms with Crippen LogP contribution in [-0.4, -0.2) is 6.04 Å². The molecule has 1 saturated carbocycles. The van der Waals surface area contributed by atoms with Crippen LogP contribution in [0.2, 0.25) is 0 Å². The lowest BCUT2D eigenvalue weighted by Gasteiger charge is -2.37. The number of benzene rings is 1. The van der Waals surface area contributed by atoms with Crippen LogP contribution in [0.25, 0.3) is 0 Å². The second-order valence-corrected chi connectivity index (χ2v) is 7.83. The Hall–Kier alpha value is -0.500. The molecule has 0 spiro atoms. The predicted octanol–water partition coefficient (Wildman–Crippen LogP) is 5.77. The summed E-state index contributed by atoms with van der Waals surface area (Å²) in [7, 11) is 0. The van der Waals surface area contributed by atoms with E-state index >= 15 is 0 Å². The molecule has 2 heteroatoms. The fourth-order valence-corrected chi connectivity index (χ4v) is 3.45. The van der Waals surface area contributed by atoms with Crippen LogP contribution in [0.5, 0.6) is 0 Å². The Morgan fingerprint density at radius 2 is 1.74 bits per heavy atom. The molecule has 0 amide bonds. The number of hydrogen-bond acceptors (Lipinski definition) is 1. The molecule has 2 rings (SSSR count). The standard InChI is InChI=1S/C17H26BrN/c1-12-15(18)6-5-7-16(12)19-14-10-8-13(9-11-14)17(2,3)4/h5-7,13-14,19H,8-11H2,1-4H3. The first-order valence-electron chi connectivity index (χ1n) is 7.39. The van der Waals surface area contributed by atoms with Crippen LogP contribution in [0.15, 0.2) is 22.7 Å². The summed E-state index contributed by atoms with van der Waals surface area (Å²) < 4.78 is 1.20. The SMILES string of the molecule is Cc1c(Br)cccc1NC1CCC(C(C)(C)C)CC1. The zero-order valence-electron chi connectivity index (χ0n) is 12.6. The summed E-state index contributed by atoms with van der Waals surface area (Å²) >= 11 is 3.61. The summed E-state index contributed by atoms with van der Waals surface area (Å²) in [6.07, 6.45) is 5.31. The fourth-order valence-electron chi connectivity index (χ4n) is 3.09. The summed E-state index contributed by atoms with van der Waals surface area (Å²) in [5.41, 5.74) is 3.07. The fraction of sp³-hybridized carbons (Fsp3) is 0.647. The maximum absolute atomic E-state index is 3.73. The van der Waals surface area contributed by atoms with E-state index in [-0.39, 0.29) is 0 Å².